The summed E-state index contributed by atoms with van der Waals surface area (Å²) in [6.45, 7) is 1.91. The molecule has 0 aliphatic carbocycles. The van der Waals surface area contributed by atoms with E-state index >= 15 is 0 Å². The second kappa shape index (κ2) is 4.27. The van der Waals surface area contributed by atoms with Gasteiger partial charge >= 0.3 is 5.97 Å². The quantitative estimate of drug-likeness (QED) is 0.696. The summed E-state index contributed by atoms with van der Waals surface area (Å²) in [6, 6.07) is 3.98. The molecule has 2 heterocycles. The molecule has 2 rings (SSSR count). The molecule has 0 spiro atoms. The van der Waals surface area contributed by atoms with Gasteiger partial charge in [-0.05, 0) is 12.1 Å². The van der Waals surface area contributed by atoms with Crippen LogP contribution in [0.5, 0.6) is 0 Å². The lowest BCUT2D eigenvalue weighted by Gasteiger charge is -2.28. The van der Waals surface area contributed by atoms with Crippen molar-refractivity contribution >= 4 is 11.7 Å². The Labute approximate surface area is 87.8 Å². The number of carbonyl (C=O) groups excluding carboxylic acids is 1. The lowest BCUT2D eigenvalue weighted by atomic mass is 10.1. The number of aromatic nitrogens is 1. The molecule has 1 aromatic heterocycles. The summed E-state index contributed by atoms with van der Waals surface area (Å²) in [5, 5.41) is 6.45. The zero-order valence-corrected chi connectivity index (χ0v) is 8.49. The van der Waals surface area contributed by atoms with Gasteiger partial charge in [-0.2, -0.15) is 0 Å². The second-order valence-corrected chi connectivity index (χ2v) is 3.42. The van der Waals surface area contributed by atoms with Crippen molar-refractivity contribution in [2.24, 2.45) is 0 Å². The van der Waals surface area contributed by atoms with Gasteiger partial charge in [0, 0.05) is 25.0 Å². The molecule has 80 valence electrons. The van der Waals surface area contributed by atoms with Crippen molar-refractivity contribution in [2.75, 3.05) is 25.5 Å². The molecule has 1 aromatic rings. The van der Waals surface area contributed by atoms with Crippen molar-refractivity contribution in [2.45, 2.75) is 6.04 Å². The summed E-state index contributed by atoms with van der Waals surface area (Å²) in [6.07, 6.45) is 1.60. The number of nitrogens with zero attached hydrogens (tertiary/aromatic N) is 1. The van der Waals surface area contributed by atoms with E-state index in [0.717, 1.165) is 18.8 Å². The molecule has 0 amide bonds. The second-order valence-electron chi connectivity index (χ2n) is 3.42. The molecule has 5 nitrogen and oxygen atoms in total. The largest absolute Gasteiger partial charge is 0.464 e. The van der Waals surface area contributed by atoms with Gasteiger partial charge in [-0.15, -0.1) is 0 Å². The van der Waals surface area contributed by atoms with Crippen LogP contribution in [0.3, 0.4) is 0 Å². The fraction of sp³-hybridized carbons (Fsp3) is 0.400. The third kappa shape index (κ3) is 2.24. The molecule has 1 aliphatic heterocycles. The van der Waals surface area contributed by atoms with Crippen molar-refractivity contribution in [1.82, 2.24) is 10.3 Å². The fourth-order valence-electron chi connectivity index (χ4n) is 1.36. The van der Waals surface area contributed by atoms with E-state index in [1.165, 1.54) is 7.11 Å². The summed E-state index contributed by atoms with van der Waals surface area (Å²) in [5.41, 5.74) is 1.23. The molecule has 0 radical (unpaired) electrons. The lowest BCUT2D eigenvalue weighted by molar-refractivity contribution is 0.0594. The molecule has 1 aliphatic rings. The smallest absolute Gasteiger partial charge is 0.356 e. The van der Waals surface area contributed by atoms with E-state index in [2.05, 4.69) is 20.4 Å². The number of nitrogens with one attached hydrogen (secondary N) is 2. The van der Waals surface area contributed by atoms with Crippen LogP contribution in [0, 0.1) is 0 Å². The Bertz CT molecular complexity index is 363. The first-order chi connectivity index (χ1) is 7.29. The van der Waals surface area contributed by atoms with Crippen molar-refractivity contribution < 1.29 is 9.53 Å². The van der Waals surface area contributed by atoms with E-state index in [9.17, 15) is 4.79 Å². The van der Waals surface area contributed by atoms with Gasteiger partial charge in [0.05, 0.1) is 13.2 Å². The van der Waals surface area contributed by atoms with E-state index in [-0.39, 0.29) is 0 Å². The van der Waals surface area contributed by atoms with Crippen LogP contribution in [0.2, 0.25) is 0 Å². The summed E-state index contributed by atoms with van der Waals surface area (Å²) in [4.78, 5) is 15.1. The molecule has 5 heteroatoms. The maximum Gasteiger partial charge on any atom is 0.356 e. The van der Waals surface area contributed by atoms with Gasteiger partial charge in [0.15, 0.2) is 0 Å². The molecule has 0 unspecified atom stereocenters. The summed E-state index contributed by atoms with van der Waals surface area (Å²) >= 11 is 0. The third-order valence-electron chi connectivity index (χ3n) is 2.31. The van der Waals surface area contributed by atoms with Crippen LogP contribution >= 0.6 is 0 Å². The highest BCUT2D eigenvalue weighted by Gasteiger charge is 2.16. The highest BCUT2D eigenvalue weighted by molar-refractivity contribution is 5.88. The third-order valence-corrected chi connectivity index (χ3v) is 2.31. The summed E-state index contributed by atoms with van der Waals surface area (Å²) in [7, 11) is 1.35. The molecule has 2 N–H and O–H groups in total. The van der Waals surface area contributed by atoms with Crippen molar-refractivity contribution in [1.29, 1.82) is 0 Å². The average molecular weight is 207 g/mol. The average Bonchev–Trinajstić information content (AvgIpc) is 2.23. The van der Waals surface area contributed by atoms with Crippen molar-refractivity contribution in [3.8, 4) is 0 Å². The topological polar surface area (TPSA) is 63.2 Å². The number of hydrogen-bond donors (Lipinski definition) is 2. The Hall–Kier alpha value is -1.62. The maximum atomic E-state index is 11.2. The van der Waals surface area contributed by atoms with Crippen LogP contribution in [-0.2, 0) is 4.74 Å². The van der Waals surface area contributed by atoms with Gasteiger partial charge in [0.1, 0.15) is 5.69 Å². The zero-order valence-electron chi connectivity index (χ0n) is 8.49. The molecule has 15 heavy (non-hydrogen) atoms. The maximum absolute atomic E-state index is 11.2. The van der Waals surface area contributed by atoms with Crippen LogP contribution in [0.15, 0.2) is 18.3 Å². The van der Waals surface area contributed by atoms with Crippen LogP contribution in [0.25, 0.3) is 0 Å². The molecule has 1 fully saturated rings. The molecule has 0 atom stereocenters. The number of esters is 1. The van der Waals surface area contributed by atoms with Crippen molar-refractivity contribution in [3.05, 3.63) is 24.0 Å². The van der Waals surface area contributed by atoms with Crippen LogP contribution in [-0.4, -0.2) is 37.2 Å². The van der Waals surface area contributed by atoms with E-state index in [1.807, 2.05) is 6.07 Å². The fourth-order valence-corrected chi connectivity index (χ4v) is 1.36. The molecule has 0 bridgehead atoms. The minimum Gasteiger partial charge on any atom is -0.464 e. The Kier molecular flexibility index (Phi) is 2.82. The van der Waals surface area contributed by atoms with Gasteiger partial charge < -0.3 is 15.4 Å². The minimum atomic E-state index is -0.412. The predicted molar refractivity (Wildman–Crippen MR) is 55.9 cm³/mol. The highest BCUT2D eigenvalue weighted by atomic mass is 16.5. The zero-order chi connectivity index (χ0) is 10.7. The van der Waals surface area contributed by atoms with Crippen LogP contribution < -0.4 is 10.6 Å². The van der Waals surface area contributed by atoms with E-state index in [0.29, 0.717) is 11.7 Å². The molecule has 1 saturated heterocycles. The minimum absolute atomic E-state index is 0.329. The molecular formula is C10H13N3O2. The summed E-state index contributed by atoms with van der Waals surface area (Å²) < 4.78 is 4.59. The molecular weight excluding hydrogens is 194 g/mol. The van der Waals surface area contributed by atoms with Gasteiger partial charge in [-0.3, -0.25) is 0 Å². The lowest BCUT2D eigenvalue weighted by Crippen LogP contribution is -2.51. The SMILES string of the molecule is COC(=O)c1cc(NC2CNC2)ccn1. The van der Waals surface area contributed by atoms with Crippen LogP contribution in [0.1, 0.15) is 10.5 Å². The normalized spacial score (nSPS) is 15.5. The van der Waals surface area contributed by atoms with Gasteiger partial charge in [0.25, 0.3) is 0 Å². The Morgan fingerprint density at radius 3 is 3.07 bits per heavy atom. The number of methoxy groups -OCH3 is 1. The first kappa shape index (κ1) is 9.92. The standard InChI is InChI=1S/C10H13N3O2/c1-15-10(14)9-4-7(2-3-12-9)13-8-5-11-6-8/h2-4,8,11H,5-6H2,1H3,(H,12,13). The number of carbonyl (C=O) groups is 1. The Morgan fingerprint density at radius 2 is 2.47 bits per heavy atom. The number of pyridine rings is 1. The predicted octanol–water partition coefficient (Wildman–Crippen LogP) is 0.252. The van der Waals surface area contributed by atoms with Crippen LogP contribution in [0.4, 0.5) is 5.69 Å². The summed E-state index contributed by atoms with van der Waals surface area (Å²) in [5.74, 6) is -0.412. The van der Waals surface area contributed by atoms with E-state index in [4.69, 9.17) is 0 Å². The monoisotopic (exact) mass is 207 g/mol. The van der Waals surface area contributed by atoms with Gasteiger partial charge in [0.2, 0.25) is 0 Å². The number of hydrogen-bond acceptors (Lipinski definition) is 5. The van der Waals surface area contributed by atoms with Gasteiger partial charge in [-0.1, -0.05) is 0 Å². The number of ether oxygens (including phenoxy) is 1. The highest BCUT2D eigenvalue weighted by Crippen LogP contribution is 2.11. The van der Waals surface area contributed by atoms with Gasteiger partial charge in [-0.25, -0.2) is 9.78 Å². The molecule has 0 saturated carbocycles. The molecule has 0 aromatic carbocycles. The van der Waals surface area contributed by atoms with E-state index in [1.54, 1.807) is 12.3 Å². The van der Waals surface area contributed by atoms with Crippen molar-refractivity contribution in [3.63, 3.8) is 0 Å². The first-order valence-corrected chi connectivity index (χ1v) is 4.81. The first-order valence-electron chi connectivity index (χ1n) is 4.81. The Morgan fingerprint density at radius 1 is 1.67 bits per heavy atom. The number of anilines is 1. The Balaban J connectivity index is 2.07. The number of rotatable bonds is 3. The van der Waals surface area contributed by atoms with E-state index < -0.39 is 5.97 Å².